The third-order valence-corrected chi connectivity index (χ3v) is 9.41. The van der Waals surface area contributed by atoms with E-state index in [1.807, 2.05) is 47.6 Å². The Morgan fingerprint density at radius 1 is 0.902 bits per heavy atom. The monoisotopic (exact) mass is 597 g/mol. The molecule has 41 heavy (non-hydrogen) atoms. The highest BCUT2D eigenvalue weighted by molar-refractivity contribution is 7.92. The number of anilines is 1. The standard InChI is InChI=1S/C32H40ClN3O4S/c1-7-24(5)34-32(38)29(8-2)35(20-26-14-16-27(33)17-15-26)31(37)21-36(30-11-9-10-23(4)25(30)6)41(39,40)28-18-12-22(3)13-19-28/h9-19,24,29H,7-8,20-21H2,1-6H3,(H,34,38)/t24-,29-/m0/s1. The van der Waals surface area contributed by atoms with Crippen molar-refractivity contribution in [1.82, 2.24) is 10.2 Å². The van der Waals surface area contributed by atoms with Crippen LogP contribution in [0.5, 0.6) is 0 Å². The van der Waals surface area contributed by atoms with Crippen LogP contribution < -0.4 is 9.62 Å². The molecule has 0 spiro atoms. The molecular weight excluding hydrogens is 558 g/mol. The van der Waals surface area contributed by atoms with E-state index in [1.165, 1.54) is 4.90 Å². The van der Waals surface area contributed by atoms with Crippen LogP contribution in [0.25, 0.3) is 0 Å². The van der Waals surface area contributed by atoms with Gasteiger partial charge in [-0.2, -0.15) is 0 Å². The Hall–Kier alpha value is -3.36. The fourth-order valence-corrected chi connectivity index (χ4v) is 6.10. The molecule has 3 rings (SSSR count). The molecule has 0 saturated heterocycles. The van der Waals surface area contributed by atoms with E-state index >= 15 is 0 Å². The van der Waals surface area contributed by atoms with Gasteiger partial charge in [0.1, 0.15) is 12.6 Å². The normalized spacial score (nSPS) is 12.9. The average molecular weight is 598 g/mol. The molecule has 0 aliphatic heterocycles. The molecule has 3 aromatic rings. The van der Waals surface area contributed by atoms with Gasteiger partial charge in [-0.25, -0.2) is 8.42 Å². The Labute approximate surface area is 249 Å². The van der Waals surface area contributed by atoms with Gasteiger partial charge in [0.2, 0.25) is 11.8 Å². The zero-order chi connectivity index (χ0) is 30.3. The lowest BCUT2D eigenvalue weighted by Gasteiger charge is -2.34. The van der Waals surface area contributed by atoms with Gasteiger partial charge in [0.05, 0.1) is 10.6 Å². The molecule has 2 amide bonds. The first-order valence-electron chi connectivity index (χ1n) is 13.9. The summed E-state index contributed by atoms with van der Waals surface area (Å²) >= 11 is 6.09. The number of nitrogens with zero attached hydrogens (tertiary/aromatic N) is 2. The maximum absolute atomic E-state index is 14.2. The van der Waals surface area contributed by atoms with Crippen LogP contribution in [0.2, 0.25) is 5.02 Å². The van der Waals surface area contributed by atoms with Crippen molar-refractivity contribution in [3.8, 4) is 0 Å². The topological polar surface area (TPSA) is 86.8 Å². The van der Waals surface area contributed by atoms with E-state index in [1.54, 1.807) is 60.7 Å². The lowest BCUT2D eigenvalue weighted by Crippen LogP contribution is -2.53. The largest absolute Gasteiger partial charge is 0.352 e. The van der Waals surface area contributed by atoms with Crippen LogP contribution >= 0.6 is 11.6 Å². The van der Waals surface area contributed by atoms with Crippen molar-refractivity contribution >= 4 is 39.1 Å². The average Bonchev–Trinajstić information content (AvgIpc) is 2.94. The van der Waals surface area contributed by atoms with E-state index in [2.05, 4.69) is 5.32 Å². The fourth-order valence-electron chi connectivity index (χ4n) is 4.50. The summed E-state index contributed by atoms with van der Waals surface area (Å²) in [6, 6.07) is 18.1. The smallest absolute Gasteiger partial charge is 0.264 e. The van der Waals surface area contributed by atoms with Crippen molar-refractivity contribution < 1.29 is 18.0 Å². The lowest BCUT2D eigenvalue weighted by molar-refractivity contribution is -0.140. The summed E-state index contributed by atoms with van der Waals surface area (Å²) in [6.07, 6.45) is 1.10. The second kappa shape index (κ2) is 14.0. The first-order valence-corrected chi connectivity index (χ1v) is 15.7. The van der Waals surface area contributed by atoms with Gasteiger partial charge in [-0.15, -0.1) is 0 Å². The first-order chi connectivity index (χ1) is 19.4. The number of sulfonamides is 1. The van der Waals surface area contributed by atoms with E-state index in [-0.39, 0.29) is 23.4 Å². The predicted molar refractivity (Wildman–Crippen MR) is 166 cm³/mol. The summed E-state index contributed by atoms with van der Waals surface area (Å²) in [5.74, 6) is -0.758. The minimum absolute atomic E-state index is 0.0719. The minimum atomic E-state index is -4.12. The number of rotatable bonds is 12. The van der Waals surface area contributed by atoms with Gasteiger partial charge in [0, 0.05) is 17.6 Å². The van der Waals surface area contributed by atoms with E-state index in [9.17, 15) is 18.0 Å². The highest BCUT2D eigenvalue weighted by atomic mass is 35.5. The Morgan fingerprint density at radius 3 is 2.12 bits per heavy atom. The molecule has 0 aliphatic rings. The molecular formula is C32H40ClN3O4S. The summed E-state index contributed by atoms with van der Waals surface area (Å²) in [5, 5.41) is 3.54. The number of hydrogen-bond acceptors (Lipinski definition) is 4. The summed E-state index contributed by atoms with van der Waals surface area (Å²) in [4.78, 5) is 29.1. The molecule has 1 N–H and O–H groups in total. The summed E-state index contributed by atoms with van der Waals surface area (Å²) in [7, 11) is -4.12. The van der Waals surface area contributed by atoms with E-state index in [0.717, 1.165) is 33.0 Å². The van der Waals surface area contributed by atoms with E-state index in [0.29, 0.717) is 17.1 Å². The summed E-state index contributed by atoms with van der Waals surface area (Å²) in [5.41, 5.74) is 3.77. The molecule has 0 heterocycles. The minimum Gasteiger partial charge on any atom is -0.352 e. The second-order valence-corrected chi connectivity index (χ2v) is 12.7. The highest BCUT2D eigenvalue weighted by Gasteiger charge is 2.34. The van der Waals surface area contributed by atoms with Gasteiger partial charge in [-0.3, -0.25) is 13.9 Å². The van der Waals surface area contributed by atoms with Crippen LogP contribution in [0, 0.1) is 20.8 Å². The third kappa shape index (κ3) is 7.89. The van der Waals surface area contributed by atoms with Crippen molar-refractivity contribution in [2.45, 2.75) is 77.9 Å². The highest BCUT2D eigenvalue weighted by Crippen LogP contribution is 2.29. The number of carbonyl (C=O) groups excluding carboxylic acids is 2. The molecule has 220 valence electrons. The maximum Gasteiger partial charge on any atom is 0.264 e. The molecule has 0 radical (unpaired) electrons. The summed E-state index contributed by atoms with van der Waals surface area (Å²) in [6.45, 7) is 11.0. The number of hydrogen-bond donors (Lipinski definition) is 1. The Balaban J connectivity index is 2.10. The number of nitrogens with one attached hydrogen (secondary N) is 1. The first kappa shape index (κ1) is 32.2. The SMILES string of the molecule is CC[C@H](C)NC(=O)[C@H](CC)N(Cc1ccc(Cl)cc1)C(=O)CN(c1cccc(C)c1C)S(=O)(=O)c1ccc(C)cc1. The number of amides is 2. The Morgan fingerprint density at radius 2 is 1.54 bits per heavy atom. The fraction of sp³-hybridized carbons (Fsp3) is 0.375. The third-order valence-electron chi connectivity index (χ3n) is 7.39. The Bertz CT molecular complexity index is 1460. The van der Waals surface area contributed by atoms with Crippen LogP contribution in [-0.2, 0) is 26.2 Å². The van der Waals surface area contributed by atoms with Gasteiger partial charge in [-0.05, 0) is 87.6 Å². The quantitative estimate of drug-likeness (QED) is 0.270. The predicted octanol–water partition coefficient (Wildman–Crippen LogP) is 6.18. The van der Waals surface area contributed by atoms with Crippen molar-refractivity contribution in [2.24, 2.45) is 0 Å². The molecule has 7 nitrogen and oxygen atoms in total. The van der Waals surface area contributed by atoms with Gasteiger partial charge in [0.25, 0.3) is 10.0 Å². The number of benzene rings is 3. The molecule has 0 bridgehead atoms. The van der Waals surface area contributed by atoms with Crippen molar-refractivity contribution in [3.63, 3.8) is 0 Å². The maximum atomic E-state index is 14.2. The number of halogens is 1. The van der Waals surface area contributed by atoms with Crippen LogP contribution in [0.15, 0.2) is 71.6 Å². The van der Waals surface area contributed by atoms with Gasteiger partial charge in [0.15, 0.2) is 0 Å². The van der Waals surface area contributed by atoms with Crippen LogP contribution in [0.4, 0.5) is 5.69 Å². The molecule has 0 unspecified atom stereocenters. The number of aryl methyl sites for hydroxylation is 2. The molecule has 3 aromatic carbocycles. The van der Waals surface area contributed by atoms with E-state index < -0.39 is 28.5 Å². The Kier molecular flexibility index (Phi) is 11.0. The van der Waals surface area contributed by atoms with E-state index in [4.69, 9.17) is 11.6 Å². The van der Waals surface area contributed by atoms with Gasteiger partial charge >= 0.3 is 0 Å². The molecule has 0 fully saturated rings. The zero-order valence-corrected chi connectivity index (χ0v) is 26.2. The van der Waals surface area contributed by atoms with Crippen molar-refractivity contribution in [1.29, 1.82) is 0 Å². The molecule has 0 aliphatic carbocycles. The second-order valence-electron chi connectivity index (χ2n) is 10.4. The van der Waals surface area contributed by atoms with Gasteiger partial charge < -0.3 is 10.2 Å². The van der Waals surface area contributed by atoms with Crippen LogP contribution in [0.1, 0.15) is 55.9 Å². The molecule has 9 heteroatoms. The van der Waals surface area contributed by atoms with Crippen molar-refractivity contribution in [2.75, 3.05) is 10.8 Å². The summed E-state index contributed by atoms with van der Waals surface area (Å²) < 4.78 is 29.3. The number of carbonyl (C=O) groups is 2. The molecule has 0 saturated carbocycles. The van der Waals surface area contributed by atoms with Crippen molar-refractivity contribution in [3.05, 3.63) is 94.0 Å². The lowest BCUT2D eigenvalue weighted by atomic mass is 10.1. The zero-order valence-electron chi connectivity index (χ0n) is 24.6. The van der Waals surface area contributed by atoms with Gasteiger partial charge in [-0.1, -0.05) is 67.4 Å². The molecule has 0 aromatic heterocycles. The molecule has 2 atom stereocenters. The van der Waals surface area contributed by atoms with Crippen LogP contribution in [-0.4, -0.2) is 43.8 Å². The van der Waals surface area contributed by atoms with Crippen LogP contribution in [0.3, 0.4) is 0 Å².